The third-order valence-corrected chi connectivity index (χ3v) is 3.72. The van der Waals surface area contributed by atoms with Crippen LogP contribution in [0.2, 0.25) is 0 Å². The largest absolute Gasteiger partial charge is 0.457 e. The van der Waals surface area contributed by atoms with E-state index in [9.17, 15) is 9.90 Å². The predicted octanol–water partition coefficient (Wildman–Crippen LogP) is 2.34. The van der Waals surface area contributed by atoms with Crippen LogP contribution < -0.4 is 4.74 Å². The van der Waals surface area contributed by atoms with Gasteiger partial charge in [-0.2, -0.15) is 5.26 Å². The Bertz CT molecular complexity index is 979. The first-order valence-electron chi connectivity index (χ1n) is 8.05. The highest BCUT2D eigenvalue weighted by molar-refractivity contribution is 5.97. The van der Waals surface area contributed by atoms with Crippen molar-refractivity contribution in [2.75, 3.05) is 6.61 Å². The number of ketones is 1. The molecule has 1 unspecified atom stereocenters. The first-order chi connectivity index (χ1) is 13.1. The predicted molar refractivity (Wildman–Crippen MR) is 96.1 cm³/mol. The van der Waals surface area contributed by atoms with E-state index in [1.807, 2.05) is 6.07 Å². The molecule has 0 aliphatic heterocycles. The van der Waals surface area contributed by atoms with Crippen molar-refractivity contribution in [3.63, 3.8) is 0 Å². The van der Waals surface area contributed by atoms with Crippen molar-refractivity contribution < 1.29 is 19.7 Å². The Balaban J connectivity index is 1.77. The third kappa shape index (κ3) is 4.33. The minimum Gasteiger partial charge on any atom is -0.457 e. The molecule has 0 spiro atoms. The van der Waals surface area contributed by atoms with Gasteiger partial charge in [-0.25, -0.2) is 9.97 Å². The number of ether oxygens (including phenoxy) is 1. The molecule has 3 aromatic rings. The van der Waals surface area contributed by atoms with Crippen LogP contribution in [-0.4, -0.2) is 38.7 Å². The topological polar surface area (TPSA) is 116 Å². The van der Waals surface area contributed by atoms with Gasteiger partial charge >= 0.3 is 0 Å². The number of carbonyl (C=O) groups excluding carboxylic acids is 1. The quantitative estimate of drug-likeness (QED) is 0.647. The molecule has 0 fully saturated rings. The Hall–Kier alpha value is -3.60. The SMILES string of the molecule is N#Cc1ccc(Oc2ccc(-c3nccc(C(=O)C(O)CO)n3)cc2)cc1. The van der Waals surface area contributed by atoms with Crippen LogP contribution in [0.3, 0.4) is 0 Å². The van der Waals surface area contributed by atoms with Gasteiger partial charge in [0.05, 0.1) is 18.2 Å². The Morgan fingerprint density at radius 1 is 1.07 bits per heavy atom. The van der Waals surface area contributed by atoms with E-state index >= 15 is 0 Å². The number of nitriles is 1. The third-order valence-electron chi connectivity index (χ3n) is 3.72. The van der Waals surface area contributed by atoms with Gasteiger partial charge in [0.15, 0.2) is 5.82 Å². The first-order valence-corrected chi connectivity index (χ1v) is 8.05. The molecule has 0 saturated carbocycles. The van der Waals surface area contributed by atoms with E-state index in [0.717, 1.165) is 0 Å². The molecule has 0 bridgehead atoms. The zero-order chi connectivity index (χ0) is 19.2. The van der Waals surface area contributed by atoms with Crippen LogP contribution in [0.15, 0.2) is 60.8 Å². The molecule has 27 heavy (non-hydrogen) atoms. The lowest BCUT2D eigenvalue weighted by molar-refractivity contribution is 0.0582. The molecular formula is C20H15N3O4. The fourth-order valence-corrected chi connectivity index (χ4v) is 2.29. The van der Waals surface area contributed by atoms with Crippen molar-refractivity contribution in [3.05, 3.63) is 72.1 Å². The summed E-state index contributed by atoms with van der Waals surface area (Å²) in [4.78, 5) is 20.2. The van der Waals surface area contributed by atoms with Gasteiger partial charge in [-0.3, -0.25) is 4.79 Å². The number of aliphatic hydroxyl groups excluding tert-OH is 2. The number of hydrogen-bond acceptors (Lipinski definition) is 7. The summed E-state index contributed by atoms with van der Waals surface area (Å²) in [5.41, 5.74) is 1.24. The Morgan fingerprint density at radius 2 is 1.70 bits per heavy atom. The average Bonchev–Trinajstić information content (AvgIpc) is 2.74. The molecule has 1 aromatic heterocycles. The lowest BCUT2D eigenvalue weighted by Gasteiger charge is -2.08. The number of nitrogens with zero attached hydrogens (tertiary/aromatic N) is 3. The molecule has 0 amide bonds. The molecular weight excluding hydrogens is 346 g/mol. The highest BCUT2D eigenvalue weighted by Crippen LogP contribution is 2.24. The highest BCUT2D eigenvalue weighted by Gasteiger charge is 2.18. The van der Waals surface area contributed by atoms with Crippen LogP contribution in [0, 0.1) is 11.3 Å². The fraction of sp³-hybridized carbons (Fsp3) is 0.100. The Morgan fingerprint density at radius 3 is 2.30 bits per heavy atom. The maximum atomic E-state index is 11.9. The Kier molecular flexibility index (Phi) is 5.52. The summed E-state index contributed by atoms with van der Waals surface area (Å²) in [6.45, 7) is -0.667. The maximum Gasteiger partial charge on any atom is 0.212 e. The molecule has 2 N–H and O–H groups in total. The lowest BCUT2D eigenvalue weighted by atomic mass is 10.1. The zero-order valence-electron chi connectivity index (χ0n) is 14.1. The molecule has 0 aliphatic rings. The molecule has 7 heteroatoms. The van der Waals surface area contributed by atoms with Gasteiger partial charge in [-0.05, 0) is 54.6 Å². The van der Waals surface area contributed by atoms with Crippen molar-refractivity contribution >= 4 is 5.78 Å². The second-order valence-corrected chi connectivity index (χ2v) is 5.59. The number of aromatic nitrogens is 2. The van der Waals surface area contributed by atoms with Crippen molar-refractivity contribution in [1.82, 2.24) is 9.97 Å². The summed E-state index contributed by atoms with van der Waals surface area (Å²) in [5.74, 6) is 0.841. The van der Waals surface area contributed by atoms with Crippen LogP contribution in [-0.2, 0) is 0 Å². The fourth-order valence-electron chi connectivity index (χ4n) is 2.29. The van der Waals surface area contributed by atoms with Gasteiger partial charge in [-0.15, -0.1) is 0 Å². The van der Waals surface area contributed by atoms with E-state index in [2.05, 4.69) is 9.97 Å². The van der Waals surface area contributed by atoms with Crippen LogP contribution in [0.25, 0.3) is 11.4 Å². The van der Waals surface area contributed by atoms with Crippen molar-refractivity contribution in [2.24, 2.45) is 0 Å². The average molecular weight is 361 g/mol. The molecule has 3 rings (SSSR count). The van der Waals surface area contributed by atoms with E-state index in [1.54, 1.807) is 48.5 Å². The van der Waals surface area contributed by atoms with Crippen LogP contribution in [0.4, 0.5) is 0 Å². The molecule has 0 radical (unpaired) electrons. The van der Waals surface area contributed by atoms with E-state index in [4.69, 9.17) is 15.1 Å². The molecule has 2 aromatic carbocycles. The van der Waals surface area contributed by atoms with Crippen molar-refractivity contribution in [3.8, 4) is 29.0 Å². The van der Waals surface area contributed by atoms with Gasteiger partial charge in [0.1, 0.15) is 23.3 Å². The van der Waals surface area contributed by atoms with Gasteiger partial charge in [0.25, 0.3) is 0 Å². The van der Waals surface area contributed by atoms with E-state index in [-0.39, 0.29) is 5.69 Å². The number of hydrogen-bond donors (Lipinski definition) is 2. The molecule has 0 saturated heterocycles. The summed E-state index contributed by atoms with van der Waals surface area (Å²) >= 11 is 0. The van der Waals surface area contributed by atoms with Crippen LogP contribution in [0.5, 0.6) is 11.5 Å². The van der Waals surface area contributed by atoms with Crippen LogP contribution in [0.1, 0.15) is 16.1 Å². The molecule has 134 valence electrons. The smallest absolute Gasteiger partial charge is 0.212 e. The monoisotopic (exact) mass is 361 g/mol. The number of rotatable bonds is 6. The minimum atomic E-state index is -1.50. The number of Topliss-reactive ketones (excluding diaryl/α,β-unsaturated/α-hetero) is 1. The number of benzene rings is 2. The molecule has 0 aliphatic carbocycles. The van der Waals surface area contributed by atoms with Crippen LogP contribution >= 0.6 is 0 Å². The molecule has 7 nitrogen and oxygen atoms in total. The van der Waals surface area contributed by atoms with Crippen molar-refractivity contribution in [1.29, 1.82) is 5.26 Å². The first kappa shape index (κ1) is 18.2. The molecule has 1 heterocycles. The maximum absolute atomic E-state index is 11.9. The van der Waals surface area contributed by atoms with Gasteiger partial charge < -0.3 is 14.9 Å². The van der Waals surface area contributed by atoms with E-state index in [1.165, 1.54) is 12.3 Å². The second-order valence-electron chi connectivity index (χ2n) is 5.59. The zero-order valence-corrected chi connectivity index (χ0v) is 14.1. The highest BCUT2D eigenvalue weighted by atomic mass is 16.5. The summed E-state index contributed by atoms with van der Waals surface area (Å²) in [6, 6.07) is 17.1. The minimum absolute atomic E-state index is 0.0273. The van der Waals surface area contributed by atoms with Gasteiger partial charge in [-0.1, -0.05) is 0 Å². The van der Waals surface area contributed by atoms with E-state index in [0.29, 0.717) is 28.5 Å². The second kappa shape index (κ2) is 8.19. The van der Waals surface area contributed by atoms with Gasteiger partial charge in [0, 0.05) is 11.8 Å². The number of aliphatic hydroxyl groups is 2. The van der Waals surface area contributed by atoms with E-state index < -0.39 is 18.5 Å². The molecule has 1 atom stereocenters. The van der Waals surface area contributed by atoms with Gasteiger partial charge in [0.2, 0.25) is 5.78 Å². The standard InChI is InChI=1S/C20H15N3O4/c21-11-13-1-5-15(6-2-13)27-16-7-3-14(4-8-16)20-22-10-9-17(23-20)19(26)18(25)12-24/h1-10,18,24-25H,12H2. The summed E-state index contributed by atoms with van der Waals surface area (Å²) in [6.07, 6.45) is -0.0863. The number of carbonyl (C=O) groups is 1. The summed E-state index contributed by atoms with van der Waals surface area (Å²) in [5, 5.41) is 27.2. The Labute approximate surface area is 155 Å². The normalized spacial score (nSPS) is 11.4. The summed E-state index contributed by atoms with van der Waals surface area (Å²) < 4.78 is 5.71. The van der Waals surface area contributed by atoms with Crippen molar-refractivity contribution in [2.45, 2.75) is 6.10 Å². The lowest BCUT2D eigenvalue weighted by Crippen LogP contribution is -2.25. The summed E-state index contributed by atoms with van der Waals surface area (Å²) in [7, 11) is 0.